The van der Waals surface area contributed by atoms with Crippen LogP contribution in [0.5, 0.6) is 0 Å². The van der Waals surface area contributed by atoms with Gasteiger partial charge in [-0.2, -0.15) is 0 Å². The van der Waals surface area contributed by atoms with Crippen molar-refractivity contribution >= 4 is 11.0 Å². The summed E-state index contributed by atoms with van der Waals surface area (Å²) in [6.45, 7) is 0. The van der Waals surface area contributed by atoms with Gasteiger partial charge in [-0.25, -0.2) is 19.9 Å². The van der Waals surface area contributed by atoms with Crippen molar-refractivity contribution in [1.29, 1.82) is 0 Å². The first-order valence-corrected chi connectivity index (χ1v) is 14.9. The van der Waals surface area contributed by atoms with Gasteiger partial charge in [0, 0.05) is 27.9 Å². The van der Waals surface area contributed by atoms with Crippen LogP contribution in [0.2, 0.25) is 0 Å². The molecular weight excluding hydrogens is 550 g/mol. The smallest absolute Gasteiger partial charge is 0.164 e. The van der Waals surface area contributed by atoms with Crippen molar-refractivity contribution in [1.82, 2.24) is 24.5 Å². The number of rotatable bonds is 6. The van der Waals surface area contributed by atoms with Gasteiger partial charge < -0.3 is 0 Å². The van der Waals surface area contributed by atoms with E-state index in [1.54, 1.807) is 0 Å². The fourth-order valence-corrected chi connectivity index (χ4v) is 5.62. The molecule has 0 bridgehead atoms. The van der Waals surface area contributed by atoms with Crippen molar-refractivity contribution in [2.45, 2.75) is 0 Å². The van der Waals surface area contributed by atoms with E-state index < -0.39 is 0 Å². The molecule has 5 heteroatoms. The largest absolute Gasteiger partial charge is 0.292 e. The van der Waals surface area contributed by atoms with Crippen molar-refractivity contribution in [2.75, 3.05) is 0 Å². The highest BCUT2D eigenvalue weighted by Crippen LogP contribution is 2.32. The summed E-state index contributed by atoms with van der Waals surface area (Å²) in [4.78, 5) is 19.7. The van der Waals surface area contributed by atoms with Crippen LogP contribution in [0.3, 0.4) is 0 Å². The average Bonchev–Trinajstić information content (AvgIpc) is 3.52. The number of hydrogen-bond acceptors (Lipinski definition) is 4. The highest BCUT2D eigenvalue weighted by molar-refractivity contribution is 5.84. The molecule has 6 aromatic carbocycles. The third-order valence-electron chi connectivity index (χ3n) is 7.89. The van der Waals surface area contributed by atoms with Crippen LogP contribution in [0, 0.1) is 0 Å². The van der Waals surface area contributed by atoms with Gasteiger partial charge >= 0.3 is 0 Å². The van der Waals surface area contributed by atoms with Gasteiger partial charge in [-0.15, -0.1) is 0 Å². The fourth-order valence-electron chi connectivity index (χ4n) is 5.62. The summed E-state index contributed by atoms with van der Waals surface area (Å²) in [5, 5.41) is 0. The lowest BCUT2D eigenvalue weighted by molar-refractivity contribution is 1.07. The molecule has 0 radical (unpaired) electrons. The third-order valence-corrected chi connectivity index (χ3v) is 7.89. The molecule has 0 amide bonds. The summed E-state index contributed by atoms with van der Waals surface area (Å²) in [5.74, 6) is 2.80. The Kier molecular flexibility index (Phi) is 6.74. The number of fused-ring (bicyclic) bond motifs is 1. The molecule has 0 aliphatic heterocycles. The summed E-state index contributed by atoms with van der Waals surface area (Å²) < 4.78 is 2.22. The van der Waals surface area contributed by atoms with Crippen molar-refractivity contribution < 1.29 is 0 Å². The highest BCUT2D eigenvalue weighted by atomic mass is 15.1. The van der Waals surface area contributed by atoms with E-state index in [1.807, 2.05) is 72.8 Å². The Hall–Kier alpha value is -6.20. The zero-order valence-corrected chi connectivity index (χ0v) is 24.3. The van der Waals surface area contributed by atoms with Crippen molar-refractivity contribution in [3.05, 3.63) is 164 Å². The summed E-state index contributed by atoms with van der Waals surface area (Å²) in [7, 11) is 0. The van der Waals surface area contributed by atoms with E-state index in [0.717, 1.165) is 44.8 Å². The van der Waals surface area contributed by atoms with Crippen molar-refractivity contribution in [3.8, 4) is 62.4 Å². The minimum absolute atomic E-state index is 0.626. The number of benzene rings is 6. The number of aromatic nitrogens is 5. The fraction of sp³-hybridized carbons (Fsp3) is 0. The lowest BCUT2D eigenvalue weighted by Gasteiger charge is -2.12. The van der Waals surface area contributed by atoms with Crippen LogP contribution in [0.25, 0.3) is 73.4 Å². The molecule has 8 aromatic rings. The maximum Gasteiger partial charge on any atom is 0.164 e. The highest BCUT2D eigenvalue weighted by Gasteiger charge is 2.16. The minimum atomic E-state index is 0.626. The molecule has 2 aromatic heterocycles. The second kappa shape index (κ2) is 11.5. The zero-order chi connectivity index (χ0) is 30.0. The molecule has 212 valence electrons. The summed E-state index contributed by atoms with van der Waals surface area (Å²) in [6.07, 6.45) is 0. The Bertz CT molecular complexity index is 2170. The molecule has 0 saturated heterocycles. The van der Waals surface area contributed by atoms with Gasteiger partial charge in [0.1, 0.15) is 5.82 Å². The number of nitrogens with zero attached hydrogens (tertiary/aromatic N) is 5. The van der Waals surface area contributed by atoms with E-state index in [9.17, 15) is 0 Å². The first-order valence-electron chi connectivity index (χ1n) is 14.9. The second-order valence-electron chi connectivity index (χ2n) is 10.8. The molecule has 0 unspecified atom stereocenters. The summed E-state index contributed by atoms with van der Waals surface area (Å²) >= 11 is 0. The van der Waals surface area contributed by atoms with Crippen LogP contribution in [0.4, 0.5) is 0 Å². The first-order chi connectivity index (χ1) is 22.3. The molecule has 45 heavy (non-hydrogen) atoms. The van der Waals surface area contributed by atoms with Gasteiger partial charge in [-0.05, 0) is 47.5 Å². The van der Waals surface area contributed by atoms with Gasteiger partial charge in [-0.3, -0.25) is 4.57 Å². The molecule has 2 heterocycles. The standard InChI is InChI=1S/C40H27N5/c1-4-12-28(13-5-1)29-20-22-33(23-21-29)40-41-35-18-10-11-19-36(35)45(40)34-26-24-32(25-27-34)39-43-37(30-14-6-2-7-15-30)42-38(44-39)31-16-8-3-9-17-31/h1-27H. The maximum atomic E-state index is 5.06. The molecular formula is C40H27N5. The molecule has 0 fully saturated rings. The maximum absolute atomic E-state index is 5.06. The Morgan fingerprint density at radius 2 is 0.711 bits per heavy atom. The predicted molar refractivity (Wildman–Crippen MR) is 182 cm³/mol. The second-order valence-corrected chi connectivity index (χ2v) is 10.8. The Balaban J connectivity index is 1.21. The van der Waals surface area contributed by atoms with Gasteiger partial charge in [-0.1, -0.05) is 127 Å². The van der Waals surface area contributed by atoms with E-state index in [-0.39, 0.29) is 0 Å². The molecule has 0 atom stereocenters. The first kappa shape index (κ1) is 26.4. The SMILES string of the molecule is c1ccc(-c2ccc(-c3nc4ccccc4n3-c3ccc(-c4nc(-c5ccccc5)nc(-c5ccccc5)n4)cc3)cc2)cc1. The molecule has 0 saturated carbocycles. The third kappa shape index (κ3) is 5.17. The van der Waals surface area contributed by atoms with Crippen molar-refractivity contribution in [2.24, 2.45) is 0 Å². The van der Waals surface area contributed by atoms with Gasteiger partial charge in [0.15, 0.2) is 17.5 Å². The van der Waals surface area contributed by atoms with Crippen LogP contribution in [0.1, 0.15) is 0 Å². The molecule has 0 aliphatic rings. The Morgan fingerprint density at radius 1 is 0.311 bits per heavy atom. The van der Waals surface area contributed by atoms with Crippen LogP contribution in [-0.4, -0.2) is 24.5 Å². The Morgan fingerprint density at radius 3 is 1.27 bits per heavy atom. The quantitative estimate of drug-likeness (QED) is 0.197. The monoisotopic (exact) mass is 577 g/mol. The van der Waals surface area contributed by atoms with Crippen LogP contribution < -0.4 is 0 Å². The lowest BCUT2D eigenvalue weighted by atomic mass is 10.0. The molecule has 5 nitrogen and oxygen atoms in total. The molecule has 0 aliphatic carbocycles. The number of imidazole rings is 1. The van der Waals surface area contributed by atoms with E-state index in [4.69, 9.17) is 19.9 Å². The number of hydrogen-bond donors (Lipinski definition) is 0. The van der Waals surface area contributed by atoms with Gasteiger partial charge in [0.05, 0.1) is 11.0 Å². The molecule has 8 rings (SSSR count). The summed E-state index contributed by atoms with van der Waals surface area (Å²) in [5.41, 5.74) is 9.22. The predicted octanol–water partition coefficient (Wildman–Crippen LogP) is 9.55. The number of para-hydroxylation sites is 2. The molecule has 0 spiro atoms. The lowest BCUT2D eigenvalue weighted by Crippen LogP contribution is -2.01. The van der Waals surface area contributed by atoms with E-state index in [0.29, 0.717) is 17.5 Å². The average molecular weight is 578 g/mol. The zero-order valence-electron chi connectivity index (χ0n) is 24.3. The van der Waals surface area contributed by atoms with Crippen LogP contribution in [-0.2, 0) is 0 Å². The van der Waals surface area contributed by atoms with Gasteiger partial charge in [0.2, 0.25) is 0 Å². The molecule has 0 N–H and O–H groups in total. The van der Waals surface area contributed by atoms with E-state index >= 15 is 0 Å². The van der Waals surface area contributed by atoms with E-state index in [1.165, 1.54) is 11.1 Å². The minimum Gasteiger partial charge on any atom is -0.292 e. The normalized spacial score (nSPS) is 11.1. The van der Waals surface area contributed by atoms with Crippen LogP contribution >= 0.6 is 0 Å². The van der Waals surface area contributed by atoms with Crippen molar-refractivity contribution in [3.63, 3.8) is 0 Å². The van der Waals surface area contributed by atoms with Crippen LogP contribution in [0.15, 0.2) is 164 Å². The van der Waals surface area contributed by atoms with Gasteiger partial charge in [0.25, 0.3) is 0 Å². The van der Waals surface area contributed by atoms with E-state index in [2.05, 4.69) is 95.6 Å². The topological polar surface area (TPSA) is 56.5 Å². The Labute approximate surface area is 261 Å². The summed E-state index contributed by atoms with van der Waals surface area (Å²) in [6, 6.07) is 55.7.